The van der Waals surface area contributed by atoms with Gasteiger partial charge in [0.2, 0.25) is 0 Å². The number of rotatable bonds is 5. The number of para-hydroxylation sites is 1. The maximum absolute atomic E-state index is 12.9. The zero-order valence-electron chi connectivity index (χ0n) is 12.6. The Morgan fingerprint density at radius 1 is 1.17 bits per heavy atom. The van der Waals surface area contributed by atoms with Crippen molar-refractivity contribution in [3.8, 4) is 0 Å². The van der Waals surface area contributed by atoms with Gasteiger partial charge >= 0.3 is 0 Å². The van der Waals surface area contributed by atoms with Gasteiger partial charge in [-0.25, -0.2) is 4.39 Å². The quantitative estimate of drug-likeness (QED) is 0.844. The third-order valence-corrected chi connectivity index (χ3v) is 4.28. The lowest BCUT2D eigenvalue weighted by molar-refractivity contribution is 0.136. The fourth-order valence-corrected chi connectivity index (χ4v) is 3.00. The van der Waals surface area contributed by atoms with E-state index in [1.165, 1.54) is 12.1 Å². The van der Waals surface area contributed by atoms with E-state index < -0.39 is 6.10 Å². The molecule has 0 spiro atoms. The van der Waals surface area contributed by atoms with Crippen LogP contribution in [0.3, 0.4) is 0 Å². The van der Waals surface area contributed by atoms with Crippen LogP contribution in [0.4, 0.5) is 10.1 Å². The lowest BCUT2D eigenvalue weighted by Crippen LogP contribution is -2.24. The summed E-state index contributed by atoms with van der Waals surface area (Å²) in [6.07, 6.45) is 0.556. The molecule has 1 aliphatic rings. The second-order valence-corrected chi connectivity index (χ2v) is 5.95. The Labute approximate surface area is 140 Å². The number of aliphatic hydroxyl groups is 1. The largest absolute Gasteiger partial charge is 0.465 e. The smallest absolute Gasteiger partial charge is 0.264 e. The Bertz CT molecular complexity index is 662. The van der Waals surface area contributed by atoms with E-state index in [-0.39, 0.29) is 11.9 Å². The van der Waals surface area contributed by atoms with E-state index >= 15 is 0 Å². The molecule has 1 heterocycles. The van der Waals surface area contributed by atoms with Crippen LogP contribution in [0.25, 0.3) is 0 Å². The Kier molecular flexibility index (Phi) is 4.88. The minimum Gasteiger partial charge on any atom is -0.465 e. The summed E-state index contributed by atoms with van der Waals surface area (Å²) in [5.41, 5.74) is 1.73. The van der Waals surface area contributed by atoms with E-state index in [0.29, 0.717) is 30.1 Å². The van der Waals surface area contributed by atoms with Crippen molar-refractivity contribution in [1.82, 2.24) is 0 Å². The highest BCUT2D eigenvalue weighted by Crippen LogP contribution is 2.26. The normalized spacial score (nSPS) is 18.8. The lowest BCUT2D eigenvalue weighted by atomic mass is 10.0. The zero-order valence-corrected chi connectivity index (χ0v) is 13.4. The molecular formula is C18H18FNO2S. The summed E-state index contributed by atoms with van der Waals surface area (Å²) in [7, 11) is 0. The molecule has 2 atom stereocenters. The van der Waals surface area contributed by atoms with Crippen LogP contribution in [0.1, 0.15) is 24.5 Å². The molecule has 0 radical (unpaired) electrons. The van der Waals surface area contributed by atoms with Gasteiger partial charge in [-0.1, -0.05) is 30.3 Å². The van der Waals surface area contributed by atoms with Crippen LogP contribution in [-0.2, 0) is 4.74 Å². The first-order chi connectivity index (χ1) is 11.1. The first kappa shape index (κ1) is 15.9. The second-order valence-electron chi connectivity index (χ2n) is 5.60. The van der Waals surface area contributed by atoms with E-state index in [1.54, 1.807) is 12.1 Å². The van der Waals surface area contributed by atoms with Crippen molar-refractivity contribution in [3.63, 3.8) is 0 Å². The summed E-state index contributed by atoms with van der Waals surface area (Å²) in [6, 6.07) is 15.8. The van der Waals surface area contributed by atoms with Gasteiger partial charge in [0.25, 0.3) is 5.17 Å². The number of ether oxygens (including phenoxy) is 1. The molecule has 2 aromatic carbocycles. The topological polar surface area (TPSA) is 32.7 Å². The summed E-state index contributed by atoms with van der Waals surface area (Å²) in [4.78, 5) is 1.96. The fourth-order valence-electron chi connectivity index (χ4n) is 2.69. The van der Waals surface area contributed by atoms with Crippen LogP contribution < -0.4 is 4.90 Å². The Morgan fingerprint density at radius 2 is 1.87 bits per heavy atom. The second kappa shape index (κ2) is 7.06. The number of nitrogens with zero attached hydrogens (tertiary/aromatic N) is 1. The van der Waals surface area contributed by atoms with Gasteiger partial charge in [-0.2, -0.15) is 0 Å². The van der Waals surface area contributed by atoms with Crippen molar-refractivity contribution < 1.29 is 14.2 Å². The third-order valence-electron chi connectivity index (χ3n) is 3.96. The molecule has 1 saturated heterocycles. The van der Waals surface area contributed by atoms with Crippen LogP contribution in [0.15, 0.2) is 54.6 Å². The van der Waals surface area contributed by atoms with Crippen LogP contribution in [0, 0.1) is 5.82 Å². The monoisotopic (exact) mass is 331 g/mol. The number of thiocarbonyl (C=S) groups is 1. The maximum atomic E-state index is 12.9. The van der Waals surface area contributed by atoms with Gasteiger partial charge in [-0.3, -0.25) is 4.90 Å². The van der Waals surface area contributed by atoms with Gasteiger partial charge < -0.3 is 9.84 Å². The van der Waals surface area contributed by atoms with Crippen molar-refractivity contribution in [3.05, 3.63) is 66.0 Å². The molecule has 1 fully saturated rings. The van der Waals surface area contributed by atoms with E-state index in [0.717, 1.165) is 5.69 Å². The SMILES string of the molecule is OC(CCC1CN(c2ccccc2)C(=S)O1)c1ccc(F)cc1. The Balaban J connectivity index is 1.55. The first-order valence-corrected chi connectivity index (χ1v) is 8.01. The van der Waals surface area contributed by atoms with Crippen molar-refractivity contribution in [2.75, 3.05) is 11.4 Å². The summed E-state index contributed by atoms with van der Waals surface area (Å²) in [5, 5.41) is 10.7. The van der Waals surface area contributed by atoms with E-state index in [1.807, 2.05) is 35.2 Å². The van der Waals surface area contributed by atoms with Crippen LogP contribution in [0.2, 0.25) is 0 Å². The highest BCUT2D eigenvalue weighted by Gasteiger charge is 2.29. The molecule has 1 aliphatic heterocycles. The number of aliphatic hydroxyl groups excluding tert-OH is 1. The van der Waals surface area contributed by atoms with Gasteiger partial charge in [0.1, 0.15) is 11.9 Å². The number of anilines is 1. The molecule has 1 N–H and O–H groups in total. The van der Waals surface area contributed by atoms with Crippen molar-refractivity contribution in [2.24, 2.45) is 0 Å². The predicted molar refractivity (Wildman–Crippen MR) is 91.9 cm³/mol. The number of hydrogen-bond acceptors (Lipinski definition) is 3. The molecule has 120 valence electrons. The maximum Gasteiger partial charge on any atom is 0.264 e. The minimum absolute atomic E-state index is 0.0437. The van der Waals surface area contributed by atoms with Gasteiger partial charge in [-0.15, -0.1) is 0 Å². The number of benzene rings is 2. The molecule has 23 heavy (non-hydrogen) atoms. The summed E-state index contributed by atoms with van der Waals surface area (Å²) >= 11 is 5.29. The predicted octanol–water partition coefficient (Wildman–Crippen LogP) is 3.83. The average Bonchev–Trinajstić information content (AvgIpc) is 2.95. The van der Waals surface area contributed by atoms with Crippen molar-refractivity contribution >= 4 is 23.1 Å². The average molecular weight is 331 g/mol. The molecule has 3 rings (SSSR count). The van der Waals surface area contributed by atoms with Crippen molar-refractivity contribution in [2.45, 2.75) is 25.0 Å². The van der Waals surface area contributed by atoms with Crippen LogP contribution in [-0.4, -0.2) is 22.9 Å². The Hall–Kier alpha value is -1.98. The third kappa shape index (κ3) is 3.86. The number of hydrogen-bond donors (Lipinski definition) is 1. The van der Waals surface area contributed by atoms with Crippen LogP contribution >= 0.6 is 12.2 Å². The fraction of sp³-hybridized carbons (Fsp3) is 0.278. The molecule has 2 aromatic rings. The molecule has 0 saturated carbocycles. The molecule has 0 bridgehead atoms. The van der Waals surface area contributed by atoms with Gasteiger partial charge in [0, 0.05) is 5.69 Å². The van der Waals surface area contributed by atoms with Gasteiger partial charge in [0.15, 0.2) is 0 Å². The summed E-state index contributed by atoms with van der Waals surface area (Å²) < 4.78 is 18.6. The van der Waals surface area contributed by atoms with E-state index in [4.69, 9.17) is 17.0 Å². The minimum atomic E-state index is -0.626. The molecule has 0 amide bonds. The highest BCUT2D eigenvalue weighted by molar-refractivity contribution is 7.80. The molecule has 5 heteroatoms. The molecule has 0 aliphatic carbocycles. The van der Waals surface area contributed by atoms with E-state index in [2.05, 4.69) is 0 Å². The zero-order chi connectivity index (χ0) is 16.2. The molecule has 3 nitrogen and oxygen atoms in total. The Morgan fingerprint density at radius 3 is 2.57 bits per heavy atom. The van der Waals surface area contributed by atoms with Crippen molar-refractivity contribution in [1.29, 1.82) is 0 Å². The van der Waals surface area contributed by atoms with E-state index in [9.17, 15) is 9.50 Å². The van der Waals surface area contributed by atoms with Gasteiger partial charge in [0.05, 0.1) is 12.6 Å². The number of halogens is 1. The summed E-state index contributed by atoms with van der Waals surface area (Å²) in [6.45, 7) is 0.680. The standard InChI is InChI=1S/C18H18FNO2S/c19-14-8-6-13(7-9-14)17(21)11-10-16-12-20(18(23)22-16)15-4-2-1-3-5-15/h1-9,16-17,21H,10-12H2. The van der Waals surface area contributed by atoms with Gasteiger partial charge in [-0.05, 0) is 54.9 Å². The lowest BCUT2D eigenvalue weighted by Gasteiger charge is -2.15. The molecular weight excluding hydrogens is 313 g/mol. The van der Waals surface area contributed by atoms with Crippen LogP contribution in [0.5, 0.6) is 0 Å². The first-order valence-electron chi connectivity index (χ1n) is 7.60. The molecule has 2 unspecified atom stereocenters. The summed E-state index contributed by atoms with van der Waals surface area (Å²) in [5.74, 6) is -0.302. The molecule has 0 aromatic heterocycles. The highest BCUT2D eigenvalue weighted by atomic mass is 32.1.